The van der Waals surface area contributed by atoms with Crippen LogP contribution in [-0.4, -0.2) is 65.3 Å². The molecular formula is C12H21N3O5. The number of carbonyl (C=O) groups excluding carboxylic acids is 2. The van der Waals surface area contributed by atoms with Crippen LogP contribution in [0.25, 0.3) is 0 Å². The lowest BCUT2D eigenvalue weighted by atomic mass is 10.1. The average Bonchev–Trinajstić information content (AvgIpc) is 2.45. The Balaban J connectivity index is 2.20. The van der Waals surface area contributed by atoms with E-state index in [1.54, 1.807) is 4.90 Å². The van der Waals surface area contributed by atoms with E-state index in [4.69, 9.17) is 10.2 Å². The molecule has 0 aromatic carbocycles. The lowest BCUT2D eigenvalue weighted by molar-refractivity contribution is -0.140. The van der Waals surface area contributed by atoms with Gasteiger partial charge in [0.15, 0.2) is 6.04 Å². The van der Waals surface area contributed by atoms with Crippen LogP contribution in [0.4, 0.5) is 4.79 Å². The summed E-state index contributed by atoms with van der Waals surface area (Å²) in [7, 11) is 0. The summed E-state index contributed by atoms with van der Waals surface area (Å²) in [5.41, 5.74) is 0. The molecule has 1 aliphatic rings. The van der Waals surface area contributed by atoms with Gasteiger partial charge in [0.1, 0.15) is 0 Å². The van der Waals surface area contributed by atoms with Gasteiger partial charge in [-0.05, 0) is 19.3 Å². The minimum absolute atomic E-state index is 0.0121. The van der Waals surface area contributed by atoms with Crippen molar-refractivity contribution in [3.8, 4) is 0 Å². The number of carboxylic acids is 1. The number of carboxylic acid groups (broad SMARTS) is 1. The maximum Gasteiger partial charge on any atom is 0.328 e. The Morgan fingerprint density at radius 2 is 1.80 bits per heavy atom. The number of likely N-dealkylation sites (tertiary alicyclic amines) is 1. The highest BCUT2D eigenvalue weighted by molar-refractivity contribution is 5.83. The van der Waals surface area contributed by atoms with Gasteiger partial charge in [-0.1, -0.05) is 0 Å². The van der Waals surface area contributed by atoms with Gasteiger partial charge in [-0.25, -0.2) is 9.59 Å². The van der Waals surface area contributed by atoms with Crippen LogP contribution in [0.3, 0.4) is 0 Å². The summed E-state index contributed by atoms with van der Waals surface area (Å²) in [5, 5.41) is 21.9. The van der Waals surface area contributed by atoms with Crippen molar-refractivity contribution in [1.29, 1.82) is 0 Å². The van der Waals surface area contributed by atoms with Crippen LogP contribution in [0.1, 0.15) is 25.7 Å². The zero-order valence-electron chi connectivity index (χ0n) is 11.3. The third-order valence-electron chi connectivity index (χ3n) is 3.12. The summed E-state index contributed by atoms with van der Waals surface area (Å²) < 4.78 is 0. The fourth-order valence-electron chi connectivity index (χ4n) is 1.98. The SMILES string of the molecule is O=C(NCCC(=O)N1CCCCC1)NC(CO)C(=O)O. The average molecular weight is 287 g/mol. The van der Waals surface area contributed by atoms with Gasteiger partial charge in [0, 0.05) is 26.1 Å². The van der Waals surface area contributed by atoms with Gasteiger partial charge in [-0.3, -0.25) is 4.79 Å². The van der Waals surface area contributed by atoms with E-state index >= 15 is 0 Å². The van der Waals surface area contributed by atoms with Gasteiger partial charge in [0.25, 0.3) is 0 Å². The lowest BCUT2D eigenvalue weighted by Crippen LogP contribution is -2.48. The number of hydrogen-bond acceptors (Lipinski definition) is 4. The van der Waals surface area contributed by atoms with Crippen LogP contribution in [0.2, 0.25) is 0 Å². The molecule has 0 bridgehead atoms. The summed E-state index contributed by atoms with van der Waals surface area (Å²) in [6.07, 6.45) is 3.35. The molecule has 3 amide bonds. The van der Waals surface area contributed by atoms with Crippen molar-refractivity contribution in [1.82, 2.24) is 15.5 Å². The van der Waals surface area contributed by atoms with Crippen molar-refractivity contribution < 1.29 is 24.6 Å². The highest BCUT2D eigenvalue weighted by Gasteiger charge is 2.19. The van der Waals surface area contributed by atoms with Crippen LogP contribution in [0.5, 0.6) is 0 Å². The summed E-state index contributed by atoms with van der Waals surface area (Å²) in [6, 6.07) is -2.05. The van der Waals surface area contributed by atoms with E-state index < -0.39 is 24.6 Å². The molecule has 0 aromatic heterocycles. The first-order valence-electron chi connectivity index (χ1n) is 6.70. The second kappa shape index (κ2) is 8.36. The van der Waals surface area contributed by atoms with Gasteiger partial charge >= 0.3 is 12.0 Å². The van der Waals surface area contributed by atoms with E-state index in [-0.39, 0.29) is 18.9 Å². The second-order valence-electron chi connectivity index (χ2n) is 4.67. The molecule has 1 heterocycles. The van der Waals surface area contributed by atoms with Crippen molar-refractivity contribution in [3.63, 3.8) is 0 Å². The number of hydrogen-bond donors (Lipinski definition) is 4. The summed E-state index contributed by atoms with van der Waals surface area (Å²) in [4.78, 5) is 35.5. The molecular weight excluding hydrogens is 266 g/mol. The standard InChI is InChI=1S/C12H21N3O5/c16-8-9(11(18)19)14-12(20)13-5-4-10(17)15-6-2-1-3-7-15/h9,16H,1-8H2,(H,18,19)(H2,13,14,20). The predicted octanol–water partition coefficient (Wildman–Crippen LogP) is -0.866. The number of carbonyl (C=O) groups is 3. The number of aliphatic hydroxyl groups excluding tert-OH is 1. The molecule has 0 spiro atoms. The number of aliphatic hydroxyl groups is 1. The monoisotopic (exact) mass is 287 g/mol. The Hall–Kier alpha value is -1.83. The first kappa shape index (κ1) is 16.2. The molecule has 114 valence electrons. The quantitative estimate of drug-likeness (QED) is 0.506. The normalized spacial score (nSPS) is 16.4. The van der Waals surface area contributed by atoms with Crippen LogP contribution in [0, 0.1) is 0 Å². The van der Waals surface area contributed by atoms with Crippen LogP contribution >= 0.6 is 0 Å². The number of nitrogens with one attached hydrogen (secondary N) is 2. The maximum absolute atomic E-state index is 11.8. The zero-order valence-corrected chi connectivity index (χ0v) is 11.3. The Labute approximate surface area is 117 Å². The number of nitrogens with zero attached hydrogens (tertiary/aromatic N) is 1. The van der Waals surface area contributed by atoms with E-state index in [1.807, 2.05) is 0 Å². The topological polar surface area (TPSA) is 119 Å². The molecule has 1 unspecified atom stereocenters. The lowest BCUT2D eigenvalue weighted by Gasteiger charge is -2.26. The molecule has 20 heavy (non-hydrogen) atoms. The molecule has 1 saturated heterocycles. The molecule has 8 nitrogen and oxygen atoms in total. The Morgan fingerprint density at radius 1 is 1.15 bits per heavy atom. The minimum Gasteiger partial charge on any atom is -0.480 e. The fraction of sp³-hybridized carbons (Fsp3) is 0.750. The highest BCUT2D eigenvalue weighted by Crippen LogP contribution is 2.09. The van der Waals surface area contributed by atoms with Crippen molar-refractivity contribution in [2.45, 2.75) is 31.7 Å². The van der Waals surface area contributed by atoms with E-state index in [9.17, 15) is 14.4 Å². The Bertz CT molecular complexity index is 355. The molecule has 1 atom stereocenters. The number of aliphatic carboxylic acids is 1. The fourth-order valence-corrected chi connectivity index (χ4v) is 1.98. The predicted molar refractivity (Wildman–Crippen MR) is 70.1 cm³/mol. The summed E-state index contributed by atoms with van der Waals surface area (Å²) in [6.45, 7) is 0.974. The molecule has 0 aliphatic carbocycles. The number of rotatable bonds is 6. The summed E-state index contributed by atoms with van der Waals surface area (Å²) >= 11 is 0. The van der Waals surface area contributed by atoms with E-state index in [0.717, 1.165) is 32.4 Å². The summed E-state index contributed by atoms with van der Waals surface area (Å²) in [5.74, 6) is -1.33. The molecule has 4 N–H and O–H groups in total. The van der Waals surface area contributed by atoms with E-state index in [2.05, 4.69) is 10.6 Å². The first-order valence-corrected chi connectivity index (χ1v) is 6.70. The largest absolute Gasteiger partial charge is 0.480 e. The molecule has 0 saturated carbocycles. The number of urea groups is 1. The van der Waals surface area contributed by atoms with Crippen LogP contribution < -0.4 is 10.6 Å². The second-order valence-corrected chi connectivity index (χ2v) is 4.67. The first-order chi connectivity index (χ1) is 9.54. The maximum atomic E-state index is 11.8. The molecule has 1 rings (SSSR count). The Kier molecular flexibility index (Phi) is 6.78. The third-order valence-corrected chi connectivity index (χ3v) is 3.12. The number of piperidine rings is 1. The van der Waals surface area contributed by atoms with E-state index in [0.29, 0.717) is 0 Å². The van der Waals surface area contributed by atoms with Gasteiger partial charge in [0.05, 0.1) is 6.61 Å². The van der Waals surface area contributed by atoms with Crippen molar-refractivity contribution >= 4 is 17.9 Å². The third kappa shape index (κ3) is 5.43. The van der Waals surface area contributed by atoms with Gasteiger partial charge in [-0.15, -0.1) is 0 Å². The van der Waals surface area contributed by atoms with Crippen LogP contribution in [0.15, 0.2) is 0 Å². The van der Waals surface area contributed by atoms with Crippen molar-refractivity contribution in [2.24, 2.45) is 0 Å². The zero-order chi connectivity index (χ0) is 15.0. The van der Waals surface area contributed by atoms with Crippen molar-refractivity contribution in [3.05, 3.63) is 0 Å². The molecule has 1 aliphatic heterocycles. The van der Waals surface area contributed by atoms with Gasteiger partial charge in [-0.2, -0.15) is 0 Å². The van der Waals surface area contributed by atoms with Crippen molar-refractivity contribution in [2.75, 3.05) is 26.2 Å². The molecule has 1 fully saturated rings. The Morgan fingerprint density at radius 3 is 2.35 bits per heavy atom. The van der Waals surface area contributed by atoms with Gasteiger partial charge < -0.3 is 25.7 Å². The highest BCUT2D eigenvalue weighted by atomic mass is 16.4. The molecule has 0 radical (unpaired) electrons. The molecule has 8 heteroatoms. The van der Waals surface area contributed by atoms with E-state index in [1.165, 1.54) is 0 Å². The molecule has 0 aromatic rings. The number of amides is 3. The van der Waals surface area contributed by atoms with Crippen LogP contribution in [-0.2, 0) is 9.59 Å². The van der Waals surface area contributed by atoms with Gasteiger partial charge in [0.2, 0.25) is 5.91 Å². The smallest absolute Gasteiger partial charge is 0.328 e. The minimum atomic E-state index is -1.34.